The van der Waals surface area contributed by atoms with E-state index in [9.17, 15) is 9.59 Å². The summed E-state index contributed by atoms with van der Waals surface area (Å²) < 4.78 is 0. The zero-order valence-corrected chi connectivity index (χ0v) is 12.2. The molecule has 21 heavy (non-hydrogen) atoms. The second-order valence-electron chi connectivity index (χ2n) is 5.00. The van der Waals surface area contributed by atoms with Crippen LogP contribution in [0, 0.1) is 0 Å². The average Bonchev–Trinajstić information content (AvgIpc) is 2.48. The first kappa shape index (κ1) is 15.0. The molecule has 1 atom stereocenters. The van der Waals surface area contributed by atoms with Crippen LogP contribution in [0.5, 0.6) is 0 Å². The Kier molecular flexibility index (Phi) is 4.87. The second-order valence-corrected chi connectivity index (χ2v) is 5.00. The van der Waals surface area contributed by atoms with Gasteiger partial charge in [-0.25, -0.2) is 4.98 Å². The highest BCUT2D eigenvalue weighted by Gasteiger charge is 2.14. The monoisotopic (exact) mass is 285 g/mol. The van der Waals surface area contributed by atoms with Gasteiger partial charge >= 0.3 is 0 Å². The maximum atomic E-state index is 12.0. The quantitative estimate of drug-likeness (QED) is 0.885. The van der Waals surface area contributed by atoms with Gasteiger partial charge in [0.25, 0.3) is 11.5 Å². The summed E-state index contributed by atoms with van der Waals surface area (Å²) in [7, 11) is 0. The summed E-state index contributed by atoms with van der Waals surface area (Å²) in [5.74, 6) is 0.0723. The first-order valence-corrected chi connectivity index (χ1v) is 7.07. The average molecular weight is 285 g/mol. The lowest BCUT2D eigenvalue weighted by molar-refractivity contribution is 0.0936. The number of rotatable bonds is 5. The van der Waals surface area contributed by atoms with E-state index in [1.165, 1.54) is 6.20 Å². The number of nitrogens with zero attached hydrogens (tertiary/aromatic N) is 1. The molecule has 110 valence electrons. The van der Waals surface area contributed by atoms with E-state index in [1.807, 2.05) is 44.2 Å². The minimum atomic E-state index is -0.426. The van der Waals surface area contributed by atoms with E-state index in [1.54, 1.807) is 0 Å². The lowest BCUT2D eigenvalue weighted by Gasteiger charge is -2.12. The summed E-state index contributed by atoms with van der Waals surface area (Å²) >= 11 is 0. The molecule has 0 spiro atoms. The predicted octanol–water partition coefficient (Wildman–Crippen LogP) is 2.36. The van der Waals surface area contributed by atoms with E-state index in [2.05, 4.69) is 15.3 Å². The largest absolute Gasteiger partial charge is 0.349 e. The van der Waals surface area contributed by atoms with Crippen LogP contribution in [0.25, 0.3) is 11.4 Å². The molecule has 0 radical (unpaired) electrons. The molecule has 0 saturated heterocycles. The van der Waals surface area contributed by atoms with E-state index in [-0.39, 0.29) is 17.5 Å². The topological polar surface area (TPSA) is 74.8 Å². The smallest absolute Gasteiger partial charge is 0.264 e. The number of aromatic amines is 1. The predicted molar refractivity (Wildman–Crippen MR) is 82.1 cm³/mol. The molecule has 2 aromatic rings. The summed E-state index contributed by atoms with van der Waals surface area (Å²) in [5.41, 5.74) is 0.420. The van der Waals surface area contributed by atoms with Gasteiger partial charge in [0, 0.05) is 17.8 Å². The molecular formula is C16H19N3O2. The van der Waals surface area contributed by atoms with Gasteiger partial charge in [0.1, 0.15) is 11.4 Å². The van der Waals surface area contributed by atoms with Gasteiger partial charge in [0.15, 0.2) is 0 Å². The van der Waals surface area contributed by atoms with Crippen LogP contribution >= 0.6 is 0 Å². The molecule has 1 aromatic heterocycles. The molecule has 2 rings (SSSR count). The third-order valence-electron chi connectivity index (χ3n) is 3.19. The lowest BCUT2D eigenvalue weighted by atomic mass is 10.2. The normalized spacial score (nSPS) is 11.9. The number of H-pyrrole nitrogens is 1. The van der Waals surface area contributed by atoms with Gasteiger partial charge in [-0.15, -0.1) is 0 Å². The molecule has 5 heteroatoms. The first-order valence-electron chi connectivity index (χ1n) is 7.07. The number of hydrogen-bond acceptors (Lipinski definition) is 3. The van der Waals surface area contributed by atoms with Crippen LogP contribution in [-0.2, 0) is 0 Å². The maximum Gasteiger partial charge on any atom is 0.264 e. The highest BCUT2D eigenvalue weighted by Crippen LogP contribution is 2.11. The first-order chi connectivity index (χ1) is 10.1. The summed E-state index contributed by atoms with van der Waals surface area (Å²) in [4.78, 5) is 30.9. The van der Waals surface area contributed by atoms with Crippen molar-refractivity contribution in [2.45, 2.75) is 32.7 Å². The van der Waals surface area contributed by atoms with Crippen LogP contribution in [0.3, 0.4) is 0 Å². The third kappa shape index (κ3) is 3.78. The van der Waals surface area contributed by atoms with Gasteiger partial charge in [0.05, 0.1) is 0 Å². The van der Waals surface area contributed by atoms with Crippen molar-refractivity contribution >= 4 is 5.91 Å². The molecule has 2 N–H and O–H groups in total. The standard InChI is InChI=1S/C16H19N3O2/c1-3-7-11(2)18-15(20)13-10-17-14(19-16(13)21)12-8-5-4-6-9-12/h4-6,8-11H,3,7H2,1-2H3,(H,18,20)(H,17,19,21)/t11-/m0/s1. The molecule has 1 amide bonds. The molecule has 0 fully saturated rings. The van der Waals surface area contributed by atoms with Gasteiger partial charge in [-0.1, -0.05) is 43.7 Å². The molecule has 0 aliphatic rings. The highest BCUT2D eigenvalue weighted by molar-refractivity contribution is 5.93. The Morgan fingerprint density at radius 1 is 1.33 bits per heavy atom. The number of nitrogens with one attached hydrogen (secondary N) is 2. The summed E-state index contributed by atoms with van der Waals surface area (Å²) in [6, 6.07) is 9.35. The van der Waals surface area contributed by atoms with Crippen molar-refractivity contribution in [2.24, 2.45) is 0 Å². The number of benzene rings is 1. The minimum Gasteiger partial charge on any atom is -0.349 e. The molecule has 0 aliphatic heterocycles. The molecule has 0 saturated carbocycles. The second kappa shape index (κ2) is 6.83. The Morgan fingerprint density at radius 2 is 2.05 bits per heavy atom. The van der Waals surface area contributed by atoms with Gasteiger partial charge in [-0.3, -0.25) is 9.59 Å². The number of carbonyl (C=O) groups excluding carboxylic acids is 1. The Labute approximate surface area is 123 Å². The molecule has 0 unspecified atom stereocenters. The van der Waals surface area contributed by atoms with Gasteiger partial charge < -0.3 is 10.3 Å². The fourth-order valence-corrected chi connectivity index (χ4v) is 2.11. The lowest BCUT2D eigenvalue weighted by Crippen LogP contribution is -2.36. The molecule has 0 bridgehead atoms. The molecule has 0 aliphatic carbocycles. The van der Waals surface area contributed by atoms with E-state index < -0.39 is 5.56 Å². The fourth-order valence-electron chi connectivity index (χ4n) is 2.11. The molecule has 5 nitrogen and oxygen atoms in total. The van der Waals surface area contributed by atoms with Crippen molar-refractivity contribution in [3.63, 3.8) is 0 Å². The van der Waals surface area contributed by atoms with Crippen molar-refractivity contribution in [3.05, 3.63) is 52.4 Å². The van der Waals surface area contributed by atoms with Gasteiger partial charge in [0.2, 0.25) is 0 Å². The molecule has 1 aromatic carbocycles. The van der Waals surface area contributed by atoms with Crippen molar-refractivity contribution in [2.75, 3.05) is 0 Å². The van der Waals surface area contributed by atoms with E-state index in [0.29, 0.717) is 5.82 Å². The van der Waals surface area contributed by atoms with Crippen LogP contribution < -0.4 is 10.9 Å². The van der Waals surface area contributed by atoms with Gasteiger partial charge in [-0.2, -0.15) is 0 Å². The van der Waals surface area contributed by atoms with Crippen molar-refractivity contribution in [1.29, 1.82) is 0 Å². The summed E-state index contributed by atoms with van der Waals surface area (Å²) in [5, 5.41) is 2.80. The van der Waals surface area contributed by atoms with Crippen LogP contribution in [-0.4, -0.2) is 21.9 Å². The van der Waals surface area contributed by atoms with Crippen LogP contribution in [0.2, 0.25) is 0 Å². The Morgan fingerprint density at radius 3 is 2.67 bits per heavy atom. The number of carbonyl (C=O) groups is 1. The minimum absolute atomic E-state index is 0.0377. The van der Waals surface area contributed by atoms with Crippen LogP contribution in [0.4, 0.5) is 0 Å². The van der Waals surface area contributed by atoms with Gasteiger partial charge in [-0.05, 0) is 13.3 Å². The highest BCUT2D eigenvalue weighted by atomic mass is 16.2. The van der Waals surface area contributed by atoms with Crippen molar-refractivity contribution in [1.82, 2.24) is 15.3 Å². The molecule has 1 heterocycles. The van der Waals surface area contributed by atoms with Crippen molar-refractivity contribution < 1.29 is 4.79 Å². The van der Waals surface area contributed by atoms with E-state index in [4.69, 9.17) is 0 Å². The Balaban J connectivity index is 2.20. The maximum absolute atomic E-state index is 12.0. The fraction of sp³-hybridized carbons (Fsp3) is 0.312. The van der Waals surface area contributed by atoms with E-state index >= 15 is 0 Å². The SMILES string of the molecule is CCC[C@H](C)NC(=O)c1cnc(-c2ccccc2)[nH]c1=O. The zero-order valence-electron chi connectivity index (χ0n) is 12.2. The number of hydrogen-bond donors (Lipinski definition) is 2. The summed E-state index contributed by atoms with van der Waals surface area (Å²) in [6.45, 7) is 3.97. The zero-order chi connectivity index (χ0) is 15.2. The summed E-state index contributed by atoms with van der Waals surface area (Å²) in [6.07, 6.45) is 3.18. The number of aromatic nitrogens is 2. The van der Waals surface area contributed by atoms with Crippen LogP contribution in [0.15, 0.2) is 41.3 Å². The molecular weight excluding hydrogens is 266 g/mol. The van der Waals surface area contributed by atoms with Crippen molar-refractivity contribution in [3.8, 4) is 11.4 Å². The Bertz CT molecular complexity index is 665. The number of amides is 1. The van der Waals surface area contributed by atoms with Crippen LogP contribution in [0.1, 0.15) is 37.0 Å². The van der Waals surface area contributed by atoms with E-state index in [0.717, 1.165) is 18.4 Å². The Hall–Kier alpha value is -2.43. The third-order valence-corrected chi connectivity index (χ3v) is 3.19.